The number of hydrogen-bond acceptors (Lipinski definition) is 3. The van der Waals surface area contributed by atoms with Crippen molar-refractivity contribution >= 4 is 0 Å². The molecule has 1 aromatic rings. The molecule has 1 N–H and O–H groups in total. The fourth-order valence-electron chi connectivity index (χ4n) is 2.55. The zero-order valence-electron chi connectivity index (χ0n) is 11.3. The summed E-state index contributed by atoms with van der Waals surface area (Å²) in [5.41, 5.74) is 0. The lowest BCUT2D eigenvalue weighted by Gasteiger charge is -2.31. The Morgan fingerprint density at radius 2 is 2.00 bits per heavy atom. The minimum atomic E-state index is 0.278. The summed E-state index contributed by atoms with van der Waals surface area (Å²) in [5.74, 6) is 1.79. The summed E-state index contributed by atoms with van der Waals surface area (Å²) in [6, 6.07) is 8.40. The highest BCUT2D eigenvalue weighted by molar-refractivity contribution is 5.33. The zero-order chi connectivity index (χ0) is 12.8. The minimum Gasteiger partial charge on any atom is -0.494 e. The molecule has 3 heteroatoms. The minimum absolute atomic E-state index is 0.278. The fourth-order valence-corrected chi connectivity index (χ4v) is 2.55. The van der Waals surface area contributed by atoms with Gasteiger partial charge in [0, 0.05) is 12.1 Å². The lowest BCUT2D eigenvalue weighted by molar-refractivity contribution is 0.117. The molecule has 0 saturated heterocycles. The Hall–Kier alpha value is -1.22. The maximum atomic E-state index is 6.10. The van der Waals surface area contributed by atoms with Crippen molar-refractivity contribution < 1.29 is 9.47 Å². The summed E-state index contributed by atoms with van der Waals surface area (Å²) in [4.78, 5) is 0. The van der Waals surface area contributed by atoms with E-state index in [1.807, 2.05) is 38.2 Å². The van der Waals surface area contributed by atoms with Crippen LogP contribution in [-0.4, -0.2) is 25.8 Å². The van der Waals surface area contributed by atoms with Gasteiger partial charge in [-0.25, -0.2) is 0 Å². The molecule has 1 aromatic carbocycles. The van der Waals surface area contributed by atoms with Gasteiger partial charge in [-0.05, 0) is 45.4 Å². The molecule has 18 heavy (non-hydrogen) atoms. The summed E-state index contributed by atoms with van der Waals surface area (Å²) in [7, 11) is 2.02. The number of likely N-dealkylation sites (N-methyl/N-ethyl adjacent to an activating group) is 1. The molecule has 2 unspecified atom stereocenters. The Morgan fingerprint density at radius 3 is 2.78 bits per heavy atom. The largest absolute Gasteiger partial charge is 0.494 e. The topological polar surface area (TPSA) is 30.5 Å². The molecule has 0 radical (unpaired) electrons. The zero-order valence-corrected chi connectivity index (χ0v) is 11.3. The number of benzene rings is 1. The third-order valence-electron chi connectivity index (χ3n) is 3.48. The van der Waals surface area contributed by atoms with E-state index in [4.69, 9.17) is 9.47 Å². The van der Waals surface area contributed by atoms with Gasteiger partial charge in [0.25, 0.3) is 0 Å². The molecule has 1 fully saturated rings. The molecular formula is C15H23NO2. The van der Waals surface area contributed by atoms with Gasteiger partial charge in [0.05, 0.1) is 6.61 Å². The van der Waals surface area contributed by atoms with Gasteiger partial charge >= 0.3 is 0 Å². The molecule has 0 amide bonds. The Labute approximate surface area is 109 Å². The SMILES string of the molecule is CCOc1cccc(OC2CCCCC2NC)c1. The van der Waals surface area contributed by atoms with E-state index in [0.717, 1.165) is 17.9 Å². The molecule has 0 aliphatic heterocycles. The van der Waals surface area contributed by atoms with Crippen molar-refractivity contribution in [3.8, 4) is 11.5 Å². The summed E-state index contributed by atoms with van der Waals surface area (Å²) in [6.45, 7) is 2.68. The molecule has 0 spiro atoms. The van der Waals surface area contributed by atoms with Gasteiger partial charge in [0.15, 0.2) is 0 Å². The smallest absolute Gasteiger partial charge is 0.123 e. The highest BCUT2D eigenvalue weighted by Crippen LogP contribution is 2.26. The second kappa shape index (κ2) is 6.64. The number of rotatable bonds is 5. The average Bonchev–Trinajstić information content (AvgIpc) is 2.40. The number of ether oxygens (including phenoxy) is 2. The van der Waals surface area contributed by atoms with Gasteiger partial charge in [-0.2, -0.15) is 0 Å². The van der Waals surface area contributed by atoms with Crippen molar-refractivity contribution in [2.75, 3.05) is 13.7 Å². The predicted molar refractivity (Wildman–Crippen MR) is 73.3 cm³/mol. The van der Waals surface area contributed by atoms with Crippen molar-refractivity contribution in [1.82, 2.24) is 5.32 Å². The van der Waals surface area contributed by atoms with Crippen LogP contribution in [0.1, 0.15) is 32.6 Å². The molecule has 0 aromatic heterocycles. The van der Waals surface area contributed by atoms with Gasteiger partial charge in [-0.1, -0.05) is 12.5 Å². The van der Waals surface area contributed by atoms with Crippen LogP contribution < -0.4 is 14.8 Å². The van der Waals surface area contributed by atoms with Crippen LogP contribution in [0.15, 0.2) is 24.3 Å². The third-order valence-corrected chi connectivity index (χ3v) is 3.48. The highest BCUT2D eigenvalue weighted by Gasteiger charge is 2.25. The van der Waals surface area contributed by atoms with E-state index in [9.17, 15) is 0 Å². The maximum absolute atomic E-state index is 6.10. The van der Waals surface area contributed by atoms with Crippen molar-refractivity contribution in [2.45, 2.75) is 44.8 Å². The number of nitrogens with one attached hydrogen (secondary N) is 1. The molecule has 2 atom stereocenters. The van der Waals surface area contributed by atoms with E-state index in [1.54, 1.807) is 0 Å². The quantitative estimate of drug-likeness (QED) is 0.870. The first-order valence-electron chi connectivity index (χ1n) is 6.90. The van der Waals surface area contributed by atoms with E-state index >= 15 is 0 Å². The van der Waals surface area contributed by atoms with Gasteiger partial charge in [-0.15, -0.1) is 0 Å². The van der Waals surface area contributed by atoms with Gasteiger partial charge in [-0.3, -0.25) is 0 Å². The summed E-state index contributed by atoms with van der Waals surface area (Å²) >= 11 is 0. The number of hydrogen-bond donors (Lipinski definition) is 1. The molecular weight excluding hydrogens is 226 g/mol. The first-order chi connectivity index (χ1) is 8.83. The van der Waals surface area contributed by atoms with Crippen LogP contribution in [-0.2, 0) is 0 Å². The molecule has 1 saturated carbocycles. The predicted octanol–water partition coefficient (Wildman–Crippen LogP) is 2.99. The van der Waals surface area contributed by atoms with E-state index < -0.39 is 0 Å². The van der Waals surface area contributed by atoms with Gasteiger partial charge in [0.1, 0.15) is 17.6 Å². The summed E-state index contributed by atoms with van der Waals surface area (Å²) < 4.78 is 11.6. The van der Waals surface area contributed by atoms with Crippen molar-refractivity contribution in [3.05, 3.63) is 24.3 Å². The average molecular weight is 249 g/mol. The normalized spacial score (nSPS) is 23.7. The lowest BCUT2D eigenvalue weighted by atomic mass is 9.92. The van der Waals surface area contributed by atoms with Crippen LogP contribution in [0.25, 0.3) is 0 Å². The van der Waals surface area contributed by atoms with Crippen molar-refractivity contribution in [3.63, 3.8) is 0 Å². The van der Waals surface area contributed by atoms with Crippen molar-refractivity contribution in [2.24, 2.45) is 0 Å². The highest BCUT2D eigenvalue weighted by atomic mass is 16.5. The third kappa shape index (κ3) is 3.39. The molecule has 100 valence electrons. The molecule has 0 heterocycles. The Balaban J connectivity index is 2.00. The van der Waals surface area contributed by atoms with Crippen molar-refractivity contribution in [1.29, 1.82) is 0 Å². The van der Waals surface area contributed by atoms with Gasteiger partial charge in [0.2, 0.25) is 0 Å². The Morgan fingerprint density at radius 1 is 1.22 bits per heavy atom. The van der Waals surface area contributed by atoms with E-state index in [2.05, 4.69) is 5.32 Å². The van der Waals surface area contributed by atoms with E-state index in [1.165, 1.54) is 19.3 Å². The molecule has 1 aliphatic carbocycles. The molecule has 3 nitrogen and oxygen atoms in total. The molecule has 1 aliphatic rings. The summed E-state index contributed by atoms with van der Waals surface area (Å²) in [6.07, 6.45) is 5.16. The first-order valence-corrected chi connectivity index (χ1v) is 6.90. The summed E-state index contributed by atoms with van der Waals surface area (Å²) in [5, 5.41) is 3.36. The standard InChI is InChI=1S/C15H23NO2/c1-3-17-12-7-6-8-13(11-12)18-15-10-5-4-9-14(15)16-2/h6-8,11,14-16H,3-5,9-10H2,1-2H3. The maximum Gasteiger partial charge on any atom is 0.123 e. The van der Waals surface area contributed by atoms with Crippen LogP contribution in [0, 0.1) is 0 Å². The van der Waals surface area contributed by atoms with E-state index in [-0.39, 0.29) is 6.10 Å². The monoisotopic (exact) mass is 249 g/mol. The Kier molecular flexibility index (Phi) is 4.88. The Bertz CT molecular complexity index is 367. The lowest BCUT2D eigenvalue weighted by Crippen LogP contribution is -2.43. The van der Waals surface area contributed by atoms with Gasteiger partial charge < -0.3 is 14.8 Å². The van der Waals surface area contributed by atoms with Crippen LogP contribution in [0.4, 0.5) is 0 Å². The van der Waals surface area contributed by atoms with Crippen LogP contribution >= 0.6 is 0 Å². The van der Waals surface area contributed by atoms with Crippen LogP contribution in [0.3, 0.4) is 0 Å². The first kappa shape index (κ1) is 13.2. The van der Waals surface area contributed by atoms with E-state index in [0.29, 0.717) is 12.6 Å². The fraction of sp³-hybridized carbons (Fsp3) is 0.600. The second-order valence-corrected chi connectivity index (χ2v) is 4.74. The molecule has 0 bridgehead atoms. The van der Waals surface area contributed by atoms with Crippen LogP contribution in [0.5, 0.6) is 11.5 Å². The second-order valence-electron chi connectivity index (χ2n) is 4.74. The van der Waals surface area contributed by atoms with Crippen LogP contribution in [0.2, 0.25) is 0 Å². The molecule has 2 rings (SSSR count).